The van der Waals surface area contributed by atoms with Gasteiger partial charge in [-0.1, -0.05) is 26.0 Å². The number of benzene rings is 1. The molecular formula is C15H24N2O2. The van der Waals surface area contributed by atoms with Crippen molar-refractivity contribution in [2.75, 3.05) is 13.7 Å². The molecule has 0 radical (unpaired) electrons. The first kappa shape index (κ1) is 15.5. The SMILES string of the molecule is COc1cc(C(C)C)ccc1CCNC(=O)C(C)N. The maximum Gasteiger partial charge on any atom is 0.236 e. The zero-order valence-electron chi connectivity index (χ0n) is 12.2. The van der Waals surface area contributed by atoms with Crippen LogP contribution in [0.4, 0.5) is 0 Å². The summed E-state index contributed by atoms with van der Waals surface area (Å²) >= 11 is 0. The number of methoxy groups -OCH3 is 1. The van der Waals surface area contributed by atoms with Crippen LogP contribution in [0, 0.1) is 0 Å². The van der Waals surface area contributed by atoms with E-state index in [-0.39, 0.29) is 5.91 Å². The van der Waals surface area contributed by atoms with Crippen LogP contribution in [0.15, 0.2) is 18.2 Å². The minimum absolute atomic E-state index is 0.127. The fourth-order valence-corrected chi connectivity index (χ4v) is 1.81. The van der Waals surface area contributed by atoms with Crippen LogP contribution in [0.1, 0.15) is 37.8 Å². The van der Waals surface area contributed by atoms with Gasteiger partial charge in [0.25, 0.3) is 0 Å². The number of ether oxygens (including phenoxy) is 1. The van der Waals surface area contributed by atoms with Crippen molar-refractivity contribution in [3.05, 3.63) is 29.3 Å². The Morgan fingerprint density at radius 3 is 2.58 bits per heavy atom. The molecule has 3 N–H and O–H groups in total. The van der Waals surface area contributed by atoms with Gasteiger partial charge in [0.15, 0.2) is 0 Å². The van der Waals surface area contributed by atoms with Crippen molar-refractivity contribution >= 4 is 5.91 Å². The van der Waals surface area contributed by atoms with E-state index in [9.17, 15) is 4.79 Å². The number of rotatable bonds is 6. The Kier molecular flexibility index (Phi) is 5.83. The third kappa shape index (κ3) is 4.56. The molecular weight excluding hydrogens is 240 g/mol. The van der Waals surface area contributed by atoms with E-state index in [1.165, 1.54) is 5.56 Å². The van der Waals surface area contributed by atoms with E-state index in [2.05, 4.69) is 37.4 Å². The normalized spacial score (nSPS) is 12.3. The Balaban J connectivity index is 2.65. The van der Waals surface area contributed by atoms with Gasteiger partial charge in [0.2, 0.25) is 5.91 Å². The summed E-state index contributed by atoms with van der Waals surface area (Å²) in [6.07, 6.45) is 0.736. The lowest BCUT2D eigenvalue weighted by Gasteiger charge is -2.13. The number of carbonyl (C=O) groups excluding carboxylic acids is 1. The van der Waals surface area contributed by atoms with Crippen molar-refractivity contribution in [1.82, 2.24) is 5.32 Å². The van der Waals surface area contributed by atoms with Crippen LogP contribution in [0.5, 0.6) is 5.75 Å². The summed E-state index contributed by atoms with van der Waals surface area (Å²) in [7, 11) is 1.67. The molecule has 4 nitrogen and oxygen atoms in total. The van der Waals surface area contributed by atoms with Gasteiger partial charge >= 0.3 is 0 Å². The molecule has 4 heteroatoms. The lowest BCUT2D eigenvalue weighted by Crippen LogP contribution is -2.39. The quantitative estimate of drug-likeness (QED) is 0.824. The first-order chi connectivity index (χ1) is 8.95. The van der Waals surface area contributed by atoms with Gasteiger partial charge in [0, 0.05) is 6.54 Å². The number of hydrogen-bond acceptors (Lipinski definition) is 3. The highest BCUT2D eigenvalue weighted by atomic mass is 16.5. The summed E-state index contributed by atoms with van der Waals surface area (Å²) in [4.78, 5) is 11.4. The van der Waals surface area contributed by atoms with E-state index in [0.29, 0.717) is 12.5 Å². The molecule has 0 spiro atoms. The van der Waals surface area contributed by atoms with Crippen LogP contribution in [-0.2, 0) is 11.2 Å². The smallest absolute Gasteiger partial charge is 0.236 e. The average molecular weight is 264 g/mol. The molecule has 0 aromatic heterocycles. The van der Waals surface area contributed by atoms with Gasteiger partial charge in [-0.3, -0.25) is 4.79 Å². The molecule has 0 saturated heterocycles. The van der Waals surface area contributed by atoms with Gasteiger partial charge in [-0.2, -0.15) is 0 Å². The molecule has 1 aromatic rings. The van der Waals surface area contributed by atoms with Crippen LogP contribution in [0.25, 0.3) is 0 Å². The molecule has 0 bridgehead atoms. The van der Waals surface area contributed by atoms with Crippen molar-refractivity contribution in [3.8, 4) is 5.75 Å². The second-order valence-electron chi connectivity index (χ2n) is 5.06. The lowest BCUT2D eigenvalue weighted by molar-refractivity contribution is -0.121. The van der Waals surface area contributed by atoms with E-state index < -0.39 is 6.04 Å². The molecule has 1 amide bonds. The van der Waals surface area contributed by atoms with Crippen LogP contribution in [0.2, 0.25) is 0 Å². The summed E-state index contributed by atoms with van der Waals surface area (Å²) < 4.78 is 5.40. The number of carbonyl (C=O) groups is 1. The fraction of sp³-hybridized carbons (Fsp3) is 0.533. The van der Waals surface area contributed by atoms with Gasteiger partial charge < -0.3 is 15.8 Å². The predicted molar refractivity (Wildman–Crippen MR) is 77.4 cm³/mol. The zero-order valence-corrected chi connectivity index (χ0v) is 12.2. The summed E-state index contributed by atoms with van der Waals surface area (Å²) in [5.74, 6) is 1.22. The van der Waals surface area contributed by atoms with Gasteiger partial charge in [0.1, 0.15) is 5.75 Å². The van der Waals surface area contributed by atoms with Crippen LogP contribution in [0.3, 0.4) is 0 Å². The van der Waals surface area contributed by atoms with Gasteiger partial charge in [-0.25, -0.2) is 0 Å². The molecule has 1 rings (SSSR count). The van der Waals surface area contributed by atoms with Crippen molar-refractivity contribution in [1.29, 1.82) is 0 Å². The van der Waals surface area contributed by atoms with E-state index in [1.807, 2.05) is 0 Å². The first-order valence-corrected chi connectivity index (χ1v) is 6.65. The molecule has 1 aromatic carbocycles. The van der Waals surface area contributed by atoms with E-state index in [4.69, 9.17) is 10.5 Å². The zero-order chi connectivity index (χ0) is 14.4. The van der Waals surface area contributed by atoms with Crippen molar-refractivity contribution in [2.24, 2.45) is 5.73 Å². The topological polar surface area (TPSA) is 64.3 Å². The number of hydrogen-bond donors (Lipinski definition) is 2. The third-order valence-electron chi connectivity index (χ3n) is 3.08. The van der Waals surface area contributed by atoms with Gasteiger partial charge in [-0.05, 0) is 36.5 Å². The third-order valence-corrected chi connectivity index (χ3v) is 3.08. The summed E-state index contributed by atoms with van der Waals surface area (Å²) in [6, 6.07) is 5.76. The Hall–Kier alpha value is -1.55. The Bertz CT molecular complexity index is 428. The maximum atomic E-state index is 11.4. The lowest BCUT2D eigenvalue weighted by atomic mass is 10.00. The molecule has 0 aliphatic heterocycles. The van der Waals surface area contributed by atoms with E-state index >= 15 is 0 Å². The number of nitrogens with two attached hydrogens (primary N) is 1. The van der Waals surface area contributed by atoms with Crippen molar-refractivity contribution in [2.45, 2.75) is 39.2 Å². The van der Waals surface area contributed by atoms with Crippen LogP contribution >= 0.6 is 0 Å². The highest BCUT2D eigenvalue weighted by Gasteiger charge is 2.09. The highest BCUT2D eigenvalue weighted by Crippen LogP contribution is 2.24. The minimum Gasteiger partial charge on any atom is -0.496 e. The molecule has 106 valence electrons. The Morgan fingerprint density at radius 1 is 1.37 bits per heavy atom. The Labute approximate surface area is 115 Å². The maximum absolute atomic E-state index is 11.4. The largest absolute Gasteiger partial charge is 0.496 e. The van der Waals surface area contributed by atoms with Gasteiger partial charge in [0.05, 0.1) is 13.2 Å². The summed E-state index contributed by atoms with van der Waals surface area (Å²) in [5, 5.41) is 2.80. The number of nitrogens with one attached hydrogen (secondary N) is 1. The molecule has 0 saturated carbocycles. The van der Waals surface area contributed by atoms with Crippen LogP contribution in [-0.4, -0.2) is 25.6 Å². The van der Waals surface area contributed by atoms with Crippen LogP contribution < -0.4 is 15.8 Å². The van der Waals surface area contributed by atoms with E-state index in [1.54, 1.807) is 14.0 Å². The highest BCUT2D eigenvalue weighted by molar-refractivity contribution is 5.80. The predicted octanol–water partition coefficient (Wildman–Crippen LogP) is 1.82. The summed E-state index contributed by atoms with van der Waals surface area (Å²) in [6.45, 7) is 6.54. The first-order valence-electron chi connectivity index (χ1n) is 6.65. The van der Waals surface area contributed by atoms with Crippen molar-refractivity contribution in [3.63, 3.8) is 0 Å². The minimum atomic E-state index is -0.467. The summed E-state index contributed by atoms with van der Waals surface area (Å²) in [5.41, 5.74) is 7.83. The molecule has 1 atom stereocenters. The Morgan fingerprint density at radius 2 is 2.05 bits per heavy atom. The average Bonchev–Trinajstić information content (AvgIpc) is 2.38. The van der Waals surface area contributed by atoms with Crippen molar-refractivity contribution < 1.29 is 9.53 Å². The molecule has 0 aliphatic carbocycles. The molecule has 0 heterocycles. The second-order valence-corrected chi connectivity index (χ2v) is 5.06. The fourth-order valence-electron chi connectivity index (χ4n) is 1.81. The molecule has 0 aliphatic rings. The monoisotopic (exact) mass is 264 g/mol. The molecule has 19 heavy (non-hydrogen) atoms. The number of amides is 1. The molecule has 1 unspecified atom stereocenters. The van der Waals surface area contributed by atoms with Gasteiger partial charge in [-0.15, -0.1) is 0 Å². The standard InChI is InChI=1S/C15H24N2O2/c1-10(2)13-6-5-12(14(9-13)19-4)7-8-17-15(18)11(3)16/h5-6,9-11H,7-8,16H2,1-4H3,(H,17,18). The van der Waals surface area contributed by atoms with E-state index in [0.717, 1.165) is 17.7 Å². The molecule has 0 fully saturated rings. The second kappa shape index (κ2) is 7.14.